The minimum Gasteiger partial charge on any atom is -0.396 e. The van der Waals surface area contributed by atoms with E-state index in [2.05, 4.69) is 16.9 Å². The molecule has 25 heavy (non-hydrogen) atoms. The van der Waals surface area contributed by atoms with Gasteiger partial charge in [-0.3, -0.25) is 4.79 Å². The van der Waals surface area contributed by atoms with Crippen molar-refractivity contribution in [3.63, 3.8) is 0 Å². The summed E-state index contributed by atoms with van der Waals surface area (Å²) in [5, 5.41) is 1.65. The predicted octanol–water partition coefficient (Wildman–Crippen LogP) is 3.83. The Morgan fingerprint density at radius 1 is 1.44 bits per heavy atom. The van der Waals surface area contributed by atoms with Crippen LogP contribution in [0.5, 0.6) is 0 Å². The van der Waals surface area contributed by atoms with E-state index < -0.39 is 41.4 Å². The first kappa shape index (κ1) is 19.3. The molecular formula is C14H12Cl2F4N4O. The van der Waals surface area contributed by atoms with E-state index in [1.807, 2.05) is 0 Å². The lowest BCUT2D eigenvalue weighted by atomic mass is 10.2. The molecule has 1 amide bonds. The highest BCUT2D eigenvalue weighted by Crippen LogP contribution is 2.40. The second-order valence-electron chi connectivity index (χ2n) is 5.26. The van der Waals surface area contributed by atoms with Gasteiger partial charge in [-0.2, -0.15) is 13.2 Å². The van der Waals surface area contributed by atoms with Gasteiger partial charge in [0.25, 0.3) is 5.91 Å². The number of aliphatic imine (C=N–C) groups is 1. The van der Waals surface area contributed by atoms with Gasteiger partial charge in [0.2, 0.25) is 0 Å². The van der Waals surface area contributed by atoms with Crippen molar-refractivity contribution in [2.24, 2.45) is 4.99 Å². The summed E-state index contributed by atoms with van der Waals surface area (Å²) < 4.78 is 51.7. The minimum atomic E-state index is -4.40. The summed E-state index contributed by atoms with van der Waals surface area (Å²) in [6.45, 7) is 4.68. The molecule has 1 unspecified atom stereocenters. The second-order valence-corrected chi connectivity index (χ2v) is 6.08. The van der Waals surface area contributed by atoms with Crippen LogP contribution in [-0.4, -0.2) is 35.4 Å². The van der Waals surface area contributed by atoms with E-state index in [0.29, 0.717) is 0 Å². The molecule has 0 aromatic heterocycles. The Morgan fingerprint density at radius 2 is 2.04 bits per heavy atom. The molecule has 1 fully saturated rings. The molecular weight excluding hydrogens is 387 g/mol. The van der Waals surface area contributed by atoms with Crippen LogP contribution in [0.2, 0.25) is 10.0 Å². The number of nitrogens with zero attached hydrogens (tertiary/aromatic N) is 2. The van der Waals surface area contributed by atoms with Crippen LogP contribution in [0.3, 0.4) is 0 Å². The molecule has 3 N–H and O–H groups in total. The largest absolute Gasteiger partial charge is 0.410 e. The number of nitrogens with one attached hydrogen (secondary N) is 1. The van der Waals surface area contributed by atoms with Crippen LogP contribution in [0.25, 0.3) is 0 Å². The zero-order valence-electron chi connectivity index (χ0n) is 12.7. The van der Waals surface area contributed by atoms with Crippen molar-refractivity contribution in [2.75, 3.05) is 11.1 Å². The number of rotatable bonds is 4. The maximum absolute atomic E-state index is 13.9. The highest BCUT2D eigenvalue weighted by molar-refractivity contribution is 6.37. The van der Waals surface area contributed by atoms with Gasteiger partial charge in [-0.25, -0.2) is 9.38 Å². The third kappa shape index (κ3) is 3.98. The van der Waals surface area contributed by atoms with Gasteiger partial charge in [-0.1, -0.05) is 29.8 Å². The van der Waals surface area contributed by atoms with Gasteiger partial charge in [-0.15, -0.1) is 0 Å². The molecule has 1 aliphatic rings. The monoisotopic (exact) mass is 398 g/mol. The molecule has 1 saturated heterocycles. The normalized spacial score (nSPS) is 20.0. The summed E-state index contributed by atoms with van der Waals surface area (Å²) >= 11 is 11.4. The van der Waals surface area contributed by atoms with Crippen LogP contribution in [-0.2, 0) is 4.79 Å². The number of benzene rings is 1. The van der Waals surface area contributed by atoms with E-state index >= 15 is 0 Å². The molecule has 1 aromatic rings. The zero-order chi connectivity index (χ0) is 19.1. The van der Waals surface area contributed by atoms with E-state index in [4.69, 9.17) is 28.9 Å². The molecule has 1 aliphatic heterocycles. The molecule has 1 aromatic carbocycles. The number of carbonyl (C=O) groups excluding carboxylic acids is 1. The molecule has 11 heteroatoms. The average Bonchev–Trinajstić information content (AvgIpc) is 3.17. The van der Waals surface area contributed by atoms with E-state index in [9.17, 15) is 22.4 Å². The molecule has 0 radical (unpaired) electrons. The maximum atomic E-state index is 13.9. The summed E-state index contributed by atoms with van der Waals surface area (Å²) in [5.74, 6) is -1.98. The standard InChI is InChI=1S/C14H12Cl2F4N4O/c1-5(22-4-24-6(2)12(24)14(18,19)20)13(25)23-11-9(17)7(15)3-8(16)10(11)21/h3-4,6,12H,1,21H2,2H3,(H,23,25)/t6?,12-,24?/m1/s1. The van der Waals surface area contributed by atoms with Gasteiger partial charge in [0, 0.05) is 0 Å². The van der Waals surface area contributed by atoms with Crippen LogP contribution in [0, 0.1) is 5.82 Å². The predicted molar refractivity (Wildman–Crippen MR) is 88.2 cm³/mol. The number of hydrogen-bond donors (Lipinski definition) is 2. The zero-order valence-corrected chi connectivity index (χ0v) is 14.2. The fourth-order valence-corrected chi connectivity index (χ4v) is 2.57. The van der Waals surface area contributed by atoms with E-state index in [-0.39, 0.29) is 15.7 Å². The first-order valence-electron chi connectivity index (χ1n) is 6.76. The Bertz CT molecular complexity index is 740. The van der Waals surface area contributed by atoms with Crippen LogP contribution < -0.4 is 11.1 Å². The number of nitrogens with two attached hydrogens (primary N) is 1. The van der Waals surface area contributed by atoms with E-state index in [0.717, 1.165) is 17.3 Å². The molecule has 0 aliphatic carbocycles. The van der Waals surface area contributed by atoms with Crippen molar-refractivity contribution >= 4 is 46.8 Å². The number of carbonyl (C=O) groups is 1. The Labute approximate surface area is 150 Å². The van der Waals surface area contributed by atoms with Gasteiger partial charge in [-0.05, 0) is 13.0 Å². The topological polar surface area (TPSA) is 70.5 Å². The Hall–Kier alpha value is -2.00. The number of hydrogen-bond acceptors (Lipinski definition) is 3. The third-order valence-corrected chi connectivity index (χ3v) is 4.14. The quantitative estimate of drug-likeness (QED) is 0.154. The Balaban J connectivity index is 2.08. The second kappa shape index (κ2) is 6.72. The van der Waals surface area contributed by atoms with Gasteiger partial charge >= 0.3 is 6.18 Å². The molecule has 0 saturated carbocycles. The average molecular weight is 399 g/mol. The highest BCUT2D eigenvalue weighted by atomic mass is 35.5. The van der Waals surface area contributed by atoms with Gasteiger partial charge in [0.15, 0.2) is 5.82 Å². The number of anilines is 2. The third-order valence-electron chi connectivity index (χ3n) is 3.55. The van der Waals surface area contributed by atoms with Crippen LogP contribution >= 0.6 is 23.2 Å². The first-order chi connectivity index (χ1) is 11.4. The van der Waals surface area contributed by atoms with Crippen molar-refractivity contribution < 1.29 is 22.4 Å². The lowest BCUT2D eigenvalue weighted by molar-refractivity contribution is -0.134. The number of amides is 1. The minimum absolute atomic E-state index is 0.0817. The van der Waals surface area contributed by atoms with Crippen molar-refractivity contribution in [3.8, 4) is 0 Å². The van der Waals surface area contributed by atoms with Gasteiger partial charge < -0.3 is 16.0 Å². The Morgan fingerprint density at radius 3 is 2.56 bits per heavy atom. The smallest absolute Gasteiger partial charge is 0.396 e. The van der Waals surface area contributed by atoms with Crippen LogP contribution in [0.1, 0.15) is 6.92 Å². The van der Waals surface area contributed by atoms with Crippen molar-refractivity contribution in [3.05, 3.63) is 34.2 Å². The van der Waals surface area contributed by atoms with Crippen LogP contribution in [0.4, 0.5) is 28.9 Å². The number of alkyl halides is 3. The highest BCUT2D eigenvalue weighted by Gasteiger charge is 2.59. The fraction of sp³-hybridized carbons (Fsp3) is 0.286. The summed E-state index contributed by atoms with van der Waals surface area (Å²) in [6, 6.07) is -1.39. The van der Waals surface area contributed by atoms with Gasteiger partial charge in [0.05, 0.1) is 28.1 Å². The number of nitrogen functional groups attached to an aromatic ring is 1. The lowest BCUT2D eigenvalue weighted by Gasteiger charge is -2.11. The summed E-state index contributed by atoms with van der Waals surface area (Å²) in [4.78, 5) is 16.4. The molecule has 136 valence electrons. The molecule has 0 spiro atoms. The van der Waals surface area contributed by atoms with Crippen molar-refractivity contribution in [1.29, 1.82) is 0 Å². The molecule has 2 atom stereocenters. The first-order valence-corrected chi connectivity index (χ1v) is 7.52. The molecule has 0 bridgehead atoms. The summed E-state index contributed by atoms with van der Waals surface area (Å²) in [6.07, 6.45) is -3.54. The molecule has 5 nitrogen and oxygen atoms in total. The fourth-order valence-electron chi connectivity index (χ4n) is 2.10. The van der Waals surface area contributed by atoms with Crippen molar-refractivity contribution in [1.82, 2.24) is 4.90 Å². The molecule has 1 heterocycles. The number of halogens is 6. The van der Waals surface area contributed by atoms with Crippen molar-refractivity contribution in [2.45, 2.75) is 25.2 Å². The van der Waals surface area contributed by atoms with Crippen LogP contribution in [0.15, 0.2) is 23.3 Å². The SMILES string of the molecule is C=C(N=CN1C(C)[C@@H]1C(F)(F)F)C(=O)Nc1c(N)c(Cl)cc(Cl)c1F. The summed E-state index contributed by atoms with van der Waals surface area (Å²) in [7, 11) is 0. The van der Waals surface area contributed by atoms with E-state index in [1.54, 1.807) is 0 Å². The maximum Gasteiger partial charge on any atom is 0.410 e. The summed E-state index contributed by atoms with van der Waals surface area (Å²) in [5.41, 5.74) is 4.40. The van der Waals surface area contributed by atoms with Gasteiger partial charge in [0.1, 0.15) is 17.4 Å². The Kier molecular flexibility index (Phi) is 5.19. The molecule has 2 rings (SSSR count). The van der Waals surface area contributed by atoms with E-state index in [1.165, 1.54) is 6.92 Å². The lowest BCUT2D eigenvalue weighted by Crippen LogP contribution is -2.21.